The standard InChI is InChI=1S/C14H14N6O6S2/c15-19-17-13(18-20-16)9-8-12(7-6-11-4-2-1-3-5-11)14(10-13,27(21,22)23)28(24,25)26/h1-9,12H,10H2,(H,21,22,23)(H,24,25,26)/b7-6+. The highest BCUT2D eigenvalue weighted by Gasteiger charge is 2.63. The van der Waals surface area contributed by atoms with Gasteiger partial charge in [-0.1, -0.05) is 64.9 Å². The maximum Gasteiger partial charge on any atom is 0.288 e. The second kappa shape index (κ2) is 7.64. The molecular formula is C14H14N6O6S2. The number of rotatable bonds is 6. The van der Waals surface area contributed by atoms with E-state index in [2.05, 4.69) is 20.1 Å². The highest BCUT2D eigenvalue weighted by Crippen LogP contribution is 2.46. The first-order chi connectivity index (χ1) is 13.0. The summed E-state index contributed by atoms with van der Waals surface area (Å²) < 4.78 is 64.9. The van der Waals surface area contributed by atoms with Gasteiger partial charge in [-0.15, -0.1) is 0 Å². The summed E-state index contributed by atoms with van der Waals surface area (Å²) in [4.78, 5) is 4.87. The van der Waals surface area contributed by atoms with Gasteiger partial charge in [-0.05, 0) is 16.6 Å². The Morgan fingerprint density at radius 1 is 1.04 bits per heavy atom. The van der Waals surface area contributed by atoms with Crippen LogP contribution in [0.3, 0.4) is 0 Å². The summed E-state index contributed by atoms with van der Waals surface area (Å²) in [7, 11) is -11.0. The normalized spacial score (nSPS) is 24.3. The number of hydrogen-bond acceptors (Lipinski definition) is 6. The van der Waals surface area contributed by atoms with E-state index in [0.29, 0.717) is 5.56 Å². The average Bonchev–Trinajstić information content (AvgIpc) is 2.60. The third-order valence-corrected chi connectivity index (χ3v) is 8.03. The molecule has 0 aromatic heterocycles. The fourth-order valence-electron chi connectivity index (χ4n) is 2.91. The fourth-order valence-corrected chi connectivity index (χ4v) is 5.76. The summed E-state index contributed by atoms with van der Waals surface area (Å²) >= 11 is 0. The molecule has 1 aliphatic rings. The zero-order valence-electron chi connectivity index (χ0n) is 14.0. The molecule has 0 aliphatic heterocycles. The largest absolute Gasteiger partial charge is 0.288 e. The molecular weight excluding hydrogens is 412 g/mol. The molecule has 0 heterocycles. The highest BCUT2D eigenvalue weighted by molar-refractivity contribution is 8.05. The van der Waals surface area contributed by atoms with Gasteiger partial charge in [-0.2, -0.15) is 16.8 Å². The van der Waals surface area contributed by atoms with Crippen LogP contribution in [0.15, 0.2) is 58.8 Å². The van der Waals surface area contributed by atoms with Crippen LogP contribution in [0, 0.1) is 5.92 Å². The zero-order valence-corrected chi connectivity index (χ0v) is 15.6. The smallest absolute Gasteiger partial charge is 0.284 e. The molecule has 28 heavy (non-hydrogen) atoms. The first-order valence-corrected chi connectivity index (χ1v) is 10.4. The second-order valence-electron chi connectivity index (χ2n) is 5.85. The Labute approximate surface area is 159 Å². The van der Waals surface area contributed by atoms with Crippen molar-refractivity contribution in [1.82, 2.24) is 0 Å². The lowest BCUT2D eigenvalue weighted by Crippen LogP contribution is -2.56. The summed E-state index contributed by atoms with van der Waals surface area (Å²) in [6, 6.07) is 8.39. The molecule has 2 N–H and O–H groups in total. The molecule has 2 rings (SSSR count). The molecule has 1 aromatic rings. The van der Waals surface area contributed by atoms with Crippen molar-refractivity contribution in [2.45, 2.75) is 16.2 Å². The van der Waals surface area contributed by atoms with Crippen molar-refractivity contribution in [1.29, 1.82) is 0 Å². The Balaban J connectivity index is 2.79. The van der Waals surface area contributed by atoms with E-state index in [-0.39, 0.29) is 0 Å². The molecule has 1 atom stereocenters. The lowest BCUT2D eigenvalue weighted by atomic mass is 9.87. The number of hydrogen-bond donors (Lipinski definition) is 2. The third-order valence-electron chi connectivity index (χ3n) is 4.19. The van der Waals surface area contributed by atoms with E-state index in [9.17, 15) is 25.9 Å². The molecule has 1 aliphatic carbocycles. The second-order valence-corrected chi connectivity index (χ2v) is 9.47. The highest BCUT2D eigenvalue weighted by atomic mass is 32.3. The molecule has 0 radical (unpaired) electrons. The molecule has 0 spiro atoms. The van der Waals surface area contributed by atoms with Gasteiger partial charge in [-0.3, -0.25) is 9.11 Å². The van der Waals surface area contributed by atoms with Gasteiger partial charge in [-0.25, -0.2) is 0 Å². The van der Waals surface area contributed by atoms with Crippen LogP contribution in [0.25, 0.3) is 27.0 Å². The van der Waals surface area contributed by atoms with E-state index in [4.69, 9.17) is 11.1 Å². The topological polar surface area (TPSA) is 206 Å². The molecule has 0 bridgehead atoms. The van der Waals surface area contributed by atoms with Gasteiger partial charge >= 0.3 is 0 Å². The summed E-state index contributed by atoms with van der Waals surface area (Å²) in [5.41, 5.74) is 15.7. The van der Waals surface area contributed by atoms with E-state index < -0.39 is 42.3 Å². The summed E-state index contributed by atoms with van der Waals surface area (Å²) in [5.74, 6) is -1.59. The third kappa shape index (κ3) is 3.87. The van der Waals surface area contributed by atoms with E-state index in [1.165, 1.54) is 6.08 Å². The lowest BCUT2D eigenvalue weighted by Gasteiger charge is -2.39. The Morgan fingerprint density at radius 3 is 2.04 bits per heavy atom. The van der Waals surface area contributed by atoms with Crippen LogP contribution in [0.1, 0.15) is 12.0 Å². The molecule has 1 aromatic carbocycles. The van der Waals surface area contributed by atoms with Crippen LogP contribution < -0.4 is 0 Å². The monoisotopic (exact) mass is 426 g/mol. The number of azide groups is 1. The maximum atomic E-state index is 12.2. The number of allylic oxidation sites excluding steroid dienone is 2. The van der Waals surface area contributed by atoms with Crippen molar-refractivity contribution < 1.29 is 25.9 Å². The first kappa shape index (κ1) is 21.4. The van der Waals surface area contributed by atoms with Crippen molar-refractivity contribution >= 4 is 26.3 Å². The molecule has 0 saturated heterocycles. The molecule has 14 heteroatoms. The predicted molar refractivity (Wildman–Crippen MR) is 99.6 cm³/mol. The molecule has 0 saturated carbocycles. The Morgan fingerprint density at radius 2 is 1.57 bits per heavy atom. The van der Waals surface area contributed by atoms with E-state index in [1.807, 2.05) is 0 Å². The van der Waals surface area contributed by atoms with Gasteiger partial charge < -0.3 is 0 Å². The van der Waals surface area contributed by atoms with Crippen LogP contribution in [0.2, 0.25) is 0 Å². The zero-order chi connectivity index (χ0) is 21.1. The molecule has 1 unspecified atom stereocenters. The molecule has 148 valence electrons. The van der Waals surface area contributed by atoms with Crippen molar-refractivity contribution in [2.75, 3.05) is 0 Å². The van der Waals surface area contributed by atoms with Gasteiger partial charge in [0.2, 0.25) is 4.08 Å². The van der Waals surface area contributed by atoms with E-state index in [1.54, 1.807) is 30.3 Å². The lowest BCUT2D eigenvalue weighted by molar-refractivity contribution is 0.342. The molecule has 0 fully saturated rings. The average molecular weight is 426 g/mol. The summed E-state index contributed by atoms with van der Waals surface area (Å²) in [6.45, 7) is 0. The molecule has 0 amide bonds. The van der Waals surface area contributed by atoms with Crippen LogP contribution in [-0.4, -0.2) is 35.7 Å². The van der Waals surface area contributed by atoms with Crippen LogP contribution >= 0.6 is 0 Å². The SMILES string of the molecule is [N-]=[N+]=NC1(N=[N+]=[N-])C=CC(/C=C/c2ccccc2)C(S(=O)(=O)O)(S(=O)(=O)O)C1. The van der Waals surface area contributed by atoms with Crippen LogP contribution in [0.4, 0.5) is 0 Å². The van der Waals surface area contributed by atoms with E-state index in [0.717, 1.165) is 18.2 Å². The predicted octanol–water partition coefficient (Wildman–Crippen LogP) is 3.06. The van der Waals surface area contributed by atoms with Crippen molar-refractivity contribution in [3.8, 4) is 0 Å². The van der Waals surface area contributed by atoms with Gasteiger partial charge in [0.05, 0.1) is 0 Å². The van der Waals surface area contributed by atoms with Crippen LogP contribution in [-0.2, 0) is 20.2 Å². The number of nitrogens with zero attached hydrogens (tertiary/aromatic N) is 6. The fraction of sp³-hybridized carbons (Fsp3) is 0.286. The van der Waals surface area contributed by atoms with Gasteiger partial charge in [0.25, 0.3) is 20.2 Å². The van der Waals surface area contributed by atoms with Crippen LogP contribution in [0.5, 0.6) is 0 Å². The van der Waals surface area contributed by atoms with Crippen molar-refractivity contribution in [3.05, 3.63) is 75.0 Å². The Kier molecular flexibility index (Phi) is 5.85. The first-order valence-electron chi connectivity index (χ1n) is 7.50. The summed E-state index contributed by atoms with van der Waals surface area (Å²) in [6.07, 6.45) is 3.28. The van der Waals surface area contributed by atoms with Crippen molar-refractivity contribution in [3.63, 3.8) is 0 Å². The van der Waals surface area contributed by atoms with E-state index >= 15 is 0 Å². The quantitative estimate of drug-likeness (QED) is 0.229. The number of benzene rings is 1. The minimum atomic E-state index is -5.51. The minimum absolute atomic E-state index is 0.581. The molecule has 12 nitrogen and oxygen atoms in total. The van der Waals surface area contributed by atoms with Gasteiger partial charge in [0.15, 0.2) is 0 Å². The minimum Gasteiger partial charge on any atom is -0.284 e. The Hall–Kier alpha value is -2.86. The summed E-state index contributed by atoms with van der Waals surface area (Å²) in [5, 5.41) is 6.36. The Bertz CT molecular complexity index is 1070. The van der Waals surface area contributed by atoms with Gasteiger partial charge in [0.1, 0.15) is 5.66 Å². The van der Waals surface area contributed by atoms with Gasteiger partial charge in [0, 0.05) is 22.2 Å². The van der Waals surface area contributed by atoms with Crippen molar-refractivity contribution in [2.24, 2.45) is 16.1 Å². The maximum absolute atomic E-state index is 12.2.